The number of para-hydroxylation sites is 3. The molecule has 2 aromatic carbocycles. The molecule has 4 rings (SSSR count). The first-order valence-corrected chi connectivity index (χ1v) is 8.31. The smallest absolute Gasteiger partial charge is 0.279 e. The van der Waals surface area contributed by atoms with Crippen molar-refractivity contribution in [3.05, 3.63) is 71.8 Å². The number of carbonyl (C=O) groups is 3. The van der Waals surface area contributed by atoms with E-state index in [0.29, 0.717) is 23.1 Å². The van der Waals surface area contributed by atoms with Crippen LogP contribution in [-0.4, -0.2) is 38.0 Å². The van der Waals surface area contributed by atoms with Gasteiger partial charge in [0.15, 0.2) is 12.0 Å². The molecule has 9 heteroatoms. The first kappa shape index (κ1) is 17.2. The maximum atomic E-state index is 12.6. The number of hydrogen-bond donors (Lipinski definition) is 4. The molecule has 0 aliphatic carbocycles. The van der Waals surface area contributed by atoms with Gasteiger partial charge in [-0.3, -0.25) is 19.7 Å². The van der Waals surface area contributed by atoms with Crippen molar-refractivity contribution in [2.24, 2.45) is 0 Å². The van der Waals surface area contributed by atoms with Crippen molar-refractivity contribution in [3.63, 3.8) is 0 Å². The van der Waals surface area contributed by atoms with Crippen LogP contribution in [0.4, 0.5) is 11.6 Å². The first-order valence-electron chi connectivity index (χ1n) is 8.31. The number of benzene rings is 2. The summed E-state index contributed by atoms with van der Waals surface area (Å²) < 4.78 is 0. The summed E-state index contributed by atoms with van der Waals surface area (Å²) in [6.45, 7) is 0. The molecular weight excluding hydrogens is 360 g/mol. The maximum absolute atomic E-state index is 12.6. The number of hydrogen-bond acceptors (Lipinski definition) is 5. The number of carbonyl (C=O) groups excluding carboxylic acids is 3. The van der Waals surface area contributed by atoms with Crippen molar-refractivity contribution in [3.8, 4) is 0 Å². The fraction of sp³-hybridized carbons (Fsp3) is 0. The van der Waals surface area contributed by atoms with Crippen molar-refractivity contribution >= 4 is 40.8 Å². The third kappa shape index (κ3) is 3.23. The normalized spacial score (nSPS) is 10.6. The predicted molar refractivity (Wildman–Crippen MR) is 102 cm³/mol. The second-order valence-electron chi connectivity index (χ2n) is 5.84. The Bertz CT molecular complexity index is 1160. The molecule has 0 spiro atoms. The number of imidazole rings is 2. The number of fused-ring (bicyclic) bond motifs is 1. The van der Waals surface area contributed by atoms with Crippen molar-refractivity contribution in [2.75, 3.05) is 10.6 Å². The van der Waals surface area contributed by atoms with Crippen molar-refractivity contribution < 1.29 is 14.4 Å². The highest BCUT2D eigenvalue weighted by molar-refractivity contribution is 6.13. The molecule has 138 valence electrons. The summed E-state index contributed by atoms with van der Waals surface area (Å²) in [6, 6.07) is 13.8. The molecule has 4 N–H and O–H groups in total. The fourth-order valence-electron chi connectivity index (χ4n) is 2.72. The van der Waals surface area contributed by atoms with E-state index < -0.39 is 11.8 Å². The first-order chi connectivity index (χ1) is 13.7. The van der Waals surface area contributed by atoms with E-state index in [2.05, 4.69) is 30.6 Å². The lowest BCUT2D eigenvalue weighted by atomic mass is 10.2. The summed E-state index contributed by atoms with van der Waals surface area (Å²) in [5.74, 6) is -0.956. The molecule has 0 atom stereocenters. The van der Waals surface area contributed by atoms with Gasteiger partial charge in [0.05, 0.1) is 23.0 Å². The topological polar surface area (TPSA) is 133 Å². The molecule has 0 unspecified atom stereocenters. The monoisotopic (exact) mass is 374 g/mol. The maximum Gasteiger partial charge on any atom is 0.279 e. The van der Waals surface area contributed by atoms with Gasteiger partial charge in [-0.25, -0.2) is 9.97 Å². The Morgan fingerprint density at radius 2 is 1.75 bits per heavy atom. The van der Waals surface area contributed by atoms with Crippen LogP contribution in [0, 0.1) is 0 Å². The van der Waals surface area contributed by atoms with E-state index in [4.69, 9.17) is 0 Å². The Labute approximate surface area is 158 Å². The highest BCUT2D eigenvalue weighted by Gasteiger charge is 2.22. The lowest BCUT2D eigenvalue weighted by Gasteiger charge is -2.07. The molecule has 0 fully saturated rings. The molecule has 0 bridgehead atoms. The van der Waals surface area contributed by atoms with Crippen LogP contribution < -0.4 is 10.6 Å². The highest BCUT2D eigenvalue weighted by atomic mass is 16.2. The van der Waals surface area contributed by atoms with Crippen LogP contribution >= 0.6 is 0 Å². The average Bonchev–Trinajstić information content (AvgIpc) is 3.35. The lowest BCUT2D eigenvalue weighted by molar-refractivity contribution is 0.0985. The molecule has 0 aliphatic rings. The van der Waals surface area contributed by atoms with Gasteiger partial charge in [0.1, 0.15) is 5.69 Å². The van der Waals surface area contributed by atoms with Crippen LogP contribution in [0.3, 0.4) is 0 Å². The van der Waals surface area contributed by atoms with Crippen LogP contribution in [0.15, 0.2) is 54.9 Å². The minimum Gasteiger partial charge on any atom is -0.340 e. The van der Waals surface area contributed by atoms with Crippen molar-refractivity contribution in [1.82, 2.24) is 19.9 Å². The van der Waals surface area contributed by atoms with E-state index in [1.807, 2.05) is 18.2 Å². The second-order valence-corrected chi connectivity index (χ2v) is 5.84. The summed E-state index contributed by atoms with van der Waals surface area (Å²) in [6.07, 6.45) is 1.88. The number of aldehydes is 1. The Kier molecular flexibility index (Phi) is 4.38. The molecule has 4 aromatic rings. The van der Waals surface area contributed by atoms with Gasteiger partial charge in [-0.2, -0.15) is 0 Å². The van der Waals surface area contributed by atoms with E-state index in [0.717, 1.165) is 5.52 Å². The van der Waals surface area contributed by atoms with Crippen molar-refractivity contribution in [2.45, 2.75) is 0 Å². The quantitative estimate of drug-likeness (QED) is 0.399. The van der Waals surface area contributed by atoms with Gasteiger partial charge in [0, 0.05) is 5.56 Å². The minimum absolute atomic E-state index is 0.0330. The van der Waals surface area contributed by atoms with Gasteiger partial charge in [-0.15, -0.1) is 0 Å². The van der Waals surface area contributed by atoms with Crippen LogP contribution in [-0.2, 0) is 0 Å². The van der Waals surface area contributed by atoms with E-state index in [9.17, 15) is 14.4 Å². The number of anilines is 2. The van der Waals surface area contributed by atoms with Gasteiger partial charge in [0.25, 0.3) is 11.8 Å². The second kappa shape index (κ2) is 7.16. The lowest BCUT2D eigenvalue weighted by Crippen LogP contribution is -2.21. The third-order valence-electron chi connectivity index (χ3n) is 4.04. The van der Waals surface area contributed by atoms with E-state index in [1.165, 1.54) is 6.33 Å². The van der Waals surface area contributed by atoms with Crippen molar-refractivity contribution in [1.29, 1.82) is 0 Å². The zero-order chi connectivity index (χ0) is 19.5. The largest absolute Gasteiger partial charge is 0.340 e. The van der Waals surface area contributed by atoms with Gasteiger partial charge in [-0.05, 0) is 24.3 Å². The highest BCUT2D eigenvalue weighted by Crippen LogP contribution is 2.17. The number of H-pyrrole nitrogens is 2. The molecule has 2 aromatic heterocycles. The Hall–Kier alpha value is -4.27. The number of aromatic nitrogens is 4. The molecule has 0 saturated heterocycles. The SMILES string of the molecule is O=Cc1ccccc1NC(=O)c1[nH]cnc1C(=O)Nc1nc2ccccc2[nH]1. The van der Waals surface area contributed by atoms with Gasteiger partial charge < -0.3 is 15.3 Å². The van der Waals surface area contributed by atoms with E-state index in [-0.39, 0.29) is 17.3 Å². The van der Waals surface area contributed by atoms with Gasteiger partial charge in [0.2, 0.25) is 5.95 Å². The zero-order valence-corrected chi connectivity index (χ0v) is 14.4. The number of aromatic amines is 2. The Morgan fingerprint density at radius 3 is 2.57 bits per heavy atom. The number of rotatable bonds is 5. The summed E-state index contributed by atoms with van der Waals surface area (Å²) in [5, 5.41) is 5.19. The summed E-state index contributed by atoms with van der Waals surface area (Å²) in [5.41, 5.74) is 1.99. The average molecular weight is 374 g/mol. The predicted octanol–water partition coefficient (Wildman–Crippen LogP) is 2.60. The van der Waals surface area contributed by atoms with Crippen LogP contribution in [0.5, 0.6) is 0 Å². The third-order valence-corrected chi connectivity index (χ3v) is 4.04. The van der Waals surface area contributed by atoms with E-state index >= 15 is 0 Å². The minimum atomic E-state index is -0.603. The molecule has 9 nitrogen and oxygen atoms in total. The molecule has 2 amide bonds. The number of amides is 2. The Morgan fingerprint density at radius 1 is 0.964 bits per heavy atom. The van der Waals surface area contributed by atoms with Crippen LogP contribution in [0.1, 0.15) is 31.3 Å². The molecule has 0 aliphatic heterocycles. The number of nitrogens with zero attached hydrogens (tertiary/aromatic N) is 2. The number of nitrogens with one attached hydrogen (secondary N) is 4. The standard InChI is InChI=1S/C19H14N6O3/c26-9-11-5-1-2-6-12(11)22-17(27)15-16(21-10-20-15)18(28)25-19-23-13-7-3-4-8-14(13)24-19/h1-10H,(H,20,21)(H,22,27)(H2,23,24,25,28). The molecule has 0 saturated carbocycles. The summed E-state index contributed by atoms with van der Waals surface area (Å²) in [7, 11) is 0. The van der Waals surface area contributed by atoms with Gasteiger partial charge in [-0.1, -0.05) is 24.3 Å². The molecular formula is C19H14N6O3. The Balaban J connectivity index is 1.55. The zero-order valence-electron chi connectivity index (χ0n) is 14.4. The summed E-state index contributed by atoms with van der Waals surface area (Å²) >= 11 is 0. The molecule has 0 radical (unpaired) electrons. The summed E-state index contributed by atoms with van der Waals surface area (Å²) in [4.78, 5) is 50.0. The van der Waals surface area contributed by atoms with E-state index in [1.54, 1.807) is 30.3 Å². The molecule has 2 heterocycles. The molecule has 28 heavy (non-hydrogen) atoms. The van der Waals surface area contributed by atoms with Gasteiger partial charge >= 0.3 is 0 Å². The van der Waals surface area contributed by atoms with Crippen LogP contribution in [0.2, 0.25) is 0 Å². The van der Waals surface area contributed by atoms with Crippen LogP contribution in [0.25, 0.3) is 11.0 Å². The fourth-order valence-corrected chi connectivity index (χ4v) is 2.72.